The first kappa shape index (κ1) is 34.1. The van der Waals surface area contributed by atoms with E-state index in [4.69, 9.17) is 18.9 Å². The minimum Gasteiger partial charge on any atom is -0.457 e. The number of rotatable bonds is 12. The zero-order valence-electron chi connectivity index (χ0n) is 26.5. The molecule has 1 aliphatic rings. The Morgan fingerprint density at radius 1 is 1.14 bits per heavy atom. The first-order chi connectivity index (χ1) is 20.8. The van der Waals surface area contributed by atoms with Gasteiger partial charge >= 0.3 is 6.09 Å². The molecule has 2 N–H and O–H groups in total. The maximum absolute atomic E-state index is 13.2. The van der Waals surface area contributed by atoms with Gasteiger partial charge in [-0.2, -0.15) is 0 Å². The Morgan fingerprint density at radius 3 is 2.50 bits per heavy atom. The molecule has 242 valence electrons. The van der Waals surface area contributed by atoms with Gasteiger partial charge in [0.05, 0.1) is 12.0 Å². The maximum Gasteiger partial charge on any atom is 0.408 e. The molecule has 0 bridgehead atoms. The molecule has 3 aromatic rings. The van der Waals surface area contributed by atoms with Crippen molar-refractivity contribution in [2.75, 3.05) is 44.3 Å². The van der Waals surface area contributed by atoms with E-state index in [9.17, 15) is 9.59 Å². The summed E-state index contributed by atoms with van der Waals surface area (Å²) in [5.41, 5.74) is 0.946. The molecule has 0 unspecified atom stereocenters. The standard InChI is InChI=1S/C32H45BrN4O6S/c1-32(2,3)43-31(39)36-26(30(38)35-23-12-15-40-16-13-23)19-22-7-9-24(10-8-22)42-27-11-14-34-29-28(27)25(33)20-37(29)21-41-17-18-44(4,5)6/h7-11,14,20,23,26H,12-13,15-19,21H2,1-6H3,(H,35,38)(H,36,39)/t26-/m0/s1. The summed E-state index contributed by atoms with van der Waals surface area (Å²) in [5, 5.41) is 6.68. The summed E-state index contributed by atoms with van der Waals surface area (Å²) < 4.78 is 25.9. The number of aromatic nitrogens is 2. The van der Waals surface area contributed by atoms with E-state index in [1.54, 1.807) is 27.0 Å². The Kier molecular flexibility index (Phi) is 11.6. The Bertz CT molecular complexity index is 1410. The summed E-state index contributed by atoms with van der Waals surface area (Å²) >= 11 is 3.67. The molecule has 3 heterocycles. The summed E-state index contributed by atoms with van der Waals surface area (Å²) in [4.78, 5) is 30.4. The van der Waals surface area contributed by atoms with Crippen molar-refractivity contribution in [3.63, 3.8) is 0 Å². The topological polar surface area (TPSA) is 113 Å². The molecule has 2 amide bonds. The van der Waals surface area contributed by atoms with Crippen LogP contribution in [0.25, 0.3) is 11.0 Å². The molecule has 0 saturated carbocycles. The van der Waals surface area contributed by atoms with Crippen molar-refractivity contribution < 1.29 is 28.5 Å². The van der Waals surface area contributed by atoms with Gasteiger partial charge in [-0.3, -0.25) is 4.79 Å². The van der Waals surface area contributed by atoms with E-state index in [1.807, 2.05) is 41.1 Å². The van der Waals surface area contributed by atoms with Gasteiger partial charge in [0.1, 0.15) is 35.5 Å². The van der Waals surface area contributed by atoms with E-state index in [0.717, 1.165) is 39.7 Å². The van der Waals surface area contributed by atoms with Crippen LogP contribution in [-0.4, -0.2) is 83.6 Å². The minimum absolute atomic E-state index is 0.0115. The van der Waals surface area contributed by atoms with E-state index >= 15 is 0 Å². The molecule has 1 saturated heterocycles. The highest BCUT2D eigenvalue weighted by atomic mass is 79.9. The average molecular weight is 694 g/mol. The first-order valence-corrected chi connectivity index (χ1v) is 18.6. The van der Waals surface area contributed by atoms with Gasteiger partial charge in [-0.15, -0.1) is 0 Å². The molecule has 12 heteroatoms. The number of ether oxygens (including phenoxy) is 4. The summed E-state index contributed by atoms with van der Waals surface area (Å²) in [5.74, 6) is 2.09. The largest absolute Gasteiger partial charge is 0.457 e. The second-order valence-electron chi connectivity index (χ2n) is 12.8. The highest BCUT2D eigenvalue weighted by Gasteiger charge is 2.27. The quantitative estimate of drug-likeness (QED) is 0.224. The molecule has 1 aromatic carbocycles. The number of fused-ring (bicyclic) bond motifs is 1. The van der Waals surface area contributed by atoms with Crippen molar-refractivity contribution in [2.45, 2.75) is 64.4 Å². The highest BCUT2D eigenvalue weighted by molar-refractivity contribution is 9.10. The number of amides is 2. The fourth-order valence-corrected chi connectivity index (χ4v) is 5.89. The van der Waals surface area contributed by atoms with Gasteiger partial charge in [-0.25, -0.2) is 19.8 Å². The van der Waals surface area contributed by atoms with Crippen LogP contribution in [0.2, 0.25) is 0 Å². The molecule has 1 fully saturated rings. The van der Waals surface area contributed by atoms with Crippen LogP contribution in [-0.2, 0) is 32.2 Å². The summed E-state index contributed by atoms with van der Waals surface area (Å²) in [7, 11) is -0.617. The lowest BCUT2D eigenvalue weighted by Gasteiger charge is -2.27. The normalized spacial score (nSPS) is 15.5. The van der Waals surface area contributed by atoms with Gasteiger partial charge in [0.15, 0.2) is 0 Å². The lowest BCUT2D eigenvalue weighted by molar-refractivity contribution is -0.124. The second-order valence-corrected chi connectivity index (χ2v) is 18.3. The Balaban J connectivity index is 1.44. The molecule has 1 aliphatic heterocycles. The molecule has 1 atom stereocenters. The number of pyridine rings is 1. The van der Waals surface area contributed by atoms with Crippen molar-refractivity contribution in [3.8, 4) is 11.5 Å². The van der Waals surface area contributed by atoms with E-state index in [-0.39, 0.29) is 11.9 Å². The number of nitrogens with one attached hydrogen (secondary N) is 2. The van der Waals surface area contributed by atoms with Crippen LogP contribution in [0.15, 0.2) is 47.2 Å². The van der Waals surface area contributed by atoms with Crippen LogP contribution < -0.4 is 15.4 Å². The number of carbonyl (C=O) groups excluding carboxylic acids is 2. The maximum atomic E-state index is 13.2. The van der Waals surface area contributed by atoms with Gasteiger partial charge in [-0.05, 0) is 92.1 Å². The zero-order chi connectivity index (χ0) is 31.9. The van der Waals surface area contributed by atoms with Gasteiger partial charge in [0, 0.05) is 48.3 Å². The van der Waals surface area contributed by atoms with Crippen LogP contribution in [0.4, 0.5) is 4.79 Å². The molecule has 2 aromatic heterocycles. The Morgan fingerprint density at radius 2 is 1.84 bits per heavy atom. The predicted octanol–water partition coefficient (Wildman–Crippen LogP) is 5.99. The van der Waals surface area contributed by atoms with Crippen LogP contribution in [0.1, 0.15) is 39.2 Å². The molecular weight excluding hydrogens is 648 g/mol. The highest BCUT2D eigenvalue weighted by Crippen LogP contribution is 2.36. The van der Waals surface area contributed by atoms with Crippen molar-refractivity contribution in [2.24, 2.45) is 0 Å². The predicted molar refractivity (Wildman–Crippen MR) is 179 cm³/mol. The summed E-state index contributed by atoms with van der Waals surface area (Å²) in [6, 6.07) is 8.53. The third-order valence-electron chi connectivity index (χ3n) is 6.91. The molecule has 0 spiro atoms. The first-order valence-electron chi connectivity index (χ1n) is 14.8. The number of nitrogens with zero attached hydrogens (tertiary/aromatic N) is 2. The van der Waals surface area contributed by atoms with Gasteiger partial charge < -0.3 is 34.1 Å². The number of carbonyl (C=O) groups is 2. The monoisotopic (exact) mass is 692 g/mol. The Labute approximate surface area is 270 Å². The molecule has 44 heavy (non-hydrogen) atoms. The average Bonchev–Trinajstić information content (AvgIpc) is 3.27. The van der Waals surface area contributed by atoms with E-state index in [2.05, 4.69) is 50.3 Å². The SMILES string of the molecule is CC(C)(C)OC(=O)N[C@@H](Cc1ccc(Oc2ccnc3c2c(Br)cn3COCCS(C)(C)C)cc1)C(=O)NC1CCOCC1. The van der Waals surface area contributed by atoms with E-state index < -0.39 is 27.8 Å². The number of alkyl carbamates (subject to hydrolysis) is 1. The van der Waals surface area contributed by atoms with E-state index in [0.29, 0.717) is 44.5 Å². The van der Waals surface area contributed by atoms with Crippen LogP contribution >= 0.6 is 26.0 Å². The molecule has 0 radical (unpaired) electrons. The number of hydrogen-bond donors (Lipinski definition) is 2. The zero-order valence-corrected chi connectivity index (χ0v) is 28.9. The fourth-order valence-electron chi connectivity index (χ4n) is 4.65. The van der Waals surface area contributed by atoms with Gasteiger partial charge in [0.2, 0.25) is 5.91 Å². The minimum atomic E-state index is -0.804. The lowest BCUT2D eigenvalue weighted by atomic mass is 10.0. The third-order valence-corrected chi connectivity index (χ3v) is 8.90. The van der Waals surface area contributed by atoms with Crippen molar-refractivity contribution in [1.82, 2.24) is 20.2 Å². The molecule has 4 rings (SSSR count). The lowest BCUT2D eigenvalue weighted by Crippen LogP contribution is -2.52. The number of benzene rings is 1. The van der Waals surface area contributed by atoms with Crippen LogP contribution in [0.5, 0.6) is 11.5 Å². The van der Waals surface area contributed by atoms with Crippen LogP contribution in [0.3, 0.4) is 0 Å². The summed E-state index contributed by atoms with van der Waals surface area (Å²) in [6.07, 6.45) is 11.6. The van der Waals surface area contributed by atoms with E-state index in [1.165, 1.54) is 0 Å². The van der Waals surface area contributed by atoms with Gasteiger partial charge in [0.25, 0.3) is 0 Å². The Hall–Kier alpha value is -2.80. The molecule has 10 nitrogen and oxygen atoms in total. The molecular formula is C32H45BrN4O6S. The summed E-state index contributed by atoms with van der Waals surface area (Å²) in [6.45, 7) is 7.67. The van der Waals surface area contributed by atoms with Crippen LogP contribution in [0, 0.1) is 0 Å². The van der Waals surface area contributed by atoms with Gasteiger partial charge in [-0.1, -0.05) is 12.1 Å². The molecule has 0 aliphatic carbocycles. The second kappa shape index (κ2) is 15.0. The van der Waals surface area contributed by atoms with Crippen molar-refractivity contribution in [3.05, 3.63) is 52.8 Å². The smallest absolute Gasteiger partial charge is 0.408 e. The number of hydrogen-bond acceptors (Lipinski definition) is 7. The van der Waals surface area contributed by atoms with Crippen molar-refractivity contribution >= 4 is 49.0 Å². The number of halogens is 1. The third kappa shape index (κ3) is 10.4. The fraction of sp³-hybridized carbons (Fsp3) is 0.531. The van der Waals surface area contributed by atoms with Crippen molar-refractivity contribution in [1.29, 1.82) is 0 Å².